The van der Waals surface area contributed by atoms with E-state index in [9.17, 15) is 4.79 Å². The molecule has 0 aliphatic carbocycles. The van der Waals surface area contributed by atoms with Crippen molar-refractivity contribution in [3.05, 3.63) is 35.4 Å². The number of likely N-dealkylation sites (tertiary alicyclic amines) is 1. The van der Waals surface area contributed by atoms with Gasteiger partial charge >= 0.3 is 0 Å². The molecule has 2 heterocycles. The van der Waals surface area contributed by atoms with E-state index in [1.54, 1.807) is 0 Å². The van der Waals surface area contributed by atoms with Crippen LogP contribution in [-0.4, -0.2) is 30.4 Å². The Kier molecular flexibility index (Phi) is 3.33. The average Bonchev–Trinajstić information content (AvgIpc) is 2.47. The largest absolute Gasteiger partial charge is 0.341 e. The fourth-order valence-corrected chi connectivity index (χ4v) is 3.02. The summed E-state index contributed by atoms with van der Waals surface area (Å²) in [7, 11) is 0. The van der Waals surface area contributed by atoms with Gasteiger partial charge in [-0.05, 0) is 36.8 Å². The topological polar surface area (TPSA) is 32.3 Å². The maximum atomic E-state index is 12.6. The summed E-state index contributed by atoms with van der Waals surface area (Å²) < 4.78 is 0. The number of piperidine rings is 1. The van der Waals surface area contributed by atoms with Crippen LogP contribution in [0, 0.1) is 0 Å². The zero-order valence-electron chi connectivity index (χ0n) is 10.7. The van der Waals surface area contributed by atoms with Crippen LogP contribution in [-0.2, 0) is 11.2 Å². The number of nitrogens with zero attached hydrogens (tertiary/aromatic N) is 1. The second-order valence-corrected chi connectivity index (χ2v) is 5.22. The summed E-state index contributed by atoms with van der Waals surface area (Å²) in [6, 6.07) is 8.21. The number of carbonyl (C=O) groups is 1. The number of amides is 1. The third-order valence-electron chi connectivity index (χ3n) is 4.02. The van der Waals surface area contributed by atoms with Gasteiger partial charge < -0.3 is 10.2 Å². The van der Waals surface area contributed by atoms with Gasteiger partial charge in [0.25, 0.3) is 0 Å². The van der Waals surface area contributed by atoms with Crippen molar-refractivity contribution < 1.29 is 4.79 Å². The van der Waals surface area contributed by atoms with E-state index in [1.807, 2.05) is 11.0 Å². The third-order valence-corrected chi connectivity index (χ3v) is 4.02. The number of rotatable bonds is 1. The molecule has 18 heavy (non-hydrogen) atoms. The molecule has 1 fully saturated rings. The molecule has 0 bridgehead atoms. The first-order valence-corrected chi connectivity index (χ1v) is 6.96. The lowest BCUT2D eigenvalue weighted by Crippen LogP contribution is -2.45. The smallest absolute Gasteiger partial charge is 0.244 e. The van der Waals surface area contributed by atoms with Crippen molar-refractivity contribution in [2.75, 3.05) is 19.6 Å². The van der Waals surface area contributed by atoms with Crippen LogP contribution >= 0.6 is 0 Å². The molecule has 0 spiro atoms. The van der Waals surface area contributed by atoms with Crippen LogP contribution in [0.2, 0.25) is 0 Å². The van der Waals surface area contributed by atoms with Crippen molar-refractivity contribution >= 4 is 5.91 Å². The summed E-state index contributed by atoms with van der Waals surface area (Å²) in [6.45, 7) is 2.76. The highest BCUT2D eigenvalue weighted by molar-refractivity contribution is 5.84. The Hall–Kier alpha value is -1.35. The van der Waals surface area contributed by atoms with Gasteiger partial charge in [0.05, 0.1) is 0 Å². The summed E-state index contributed by atoms with van der Waals surface area (Å²) in [6.07, 6.45) is 4.60. The van der Waals surface area contributed by atoms with Crippen molar-refractivity contribution in [3.8, 4) is 0 Å². The molecule has 3 nitrogen and oxygen atoms in total. The molecule has 1 atom stereocenters. The molecule has 3 rings (SSSR count). The molecule has 0 saturated carbocycles. The van der Waals surface area contributed by atoms with E-state index >= 15 is 0 Å². The van der Waals surface area contributed by atoms with E-state index in [0.29, 0.717) is 0 Å². The van der Waals surface area contributed by atoms with Gasteiger partial charge in [-0.25, -0.2) is 0 Å². The van der Waals surface area contributed by atoms with Crippen LogP contribution in [0.15, 0.2) is 24.3 Å². The van der Waals surface area contributed by atoms with E-state index < -0.39 is 0 Å². The minimum atomic E-state index is -0.118. The second kappa shape index (κ2) is 5.11. The molecule has 1 aromatic carbocycles. The zero-order chi connectivity index (χ0) is 12.4. The van der Waals surface area contributed by atoms with Crippen molar-refractivity contribution in [1.82, 2.24) is 10.2 Å². The molecule has 1 unspecified atom stereocenters. The Morgan fingerprint density at radius 1 is 1.17 bits per heavy atom. The molecular weight excluding hydrogens is 224 g/mol. The quantitative estimate of drug-likeness (QED) is 0.818. The van der Waals surface area contributed by atoms with E-state index in [-0.39, 0.29) is 11.9 Å². The normalized spacial score (nSPS) is 23.6. The first kappa shape index (κ1) is 11.7. The van der Waals surface area contributed by atoms with Crippen LogP contribution in [0.25, 0.3) is 0 Å². The lowest BCUT2D eigenvalue weighted by Gasteiger charge is -2.33. The van der Waals surface area contributed by atoms with Gasteiger partial charge in [-0.15, -0.1) is 0 Å². The number of benzene rings is 1. The van der Waals surface area contributed by atoms with Gasteiger partial charge in [0.2, 0.25) is 5.91 Å². The highest BCUT2D eigenvalue weighted by atomic mass is 16.2. The Labute approximate surface area is 108 Å². The maximum absolute atomic E-state index is 12.6. The van der Waals surface area contributed by atoms with Gasteiger partial charge in [-0.1, -0.05) is 24.3 Å². The lowest BCUT2D eigenvalue weighted by atomic mass is 9.93. The third kappa shape index (κ3) is 2.15. The monoisotopic (exact) mass is 244 g/mol. The predicted octanol–water partition coefficient (Wildman–Crippen LogP) is 1.89. The van der Waals surface area contributed by atoms with Crippen molar-refractivity contribution in [1.29, 1.82) is 0 Å². The summed E-state index contributed by atoms with van der Waals surface area (Å²) >= 11 is 0. The molecule has 1 saturated heterocycles. The van der Waals surface area contributed by atoms with Crippen LogP contribution in [0.4, 0.5) is 0 Å². The molecule has 2 aliphatic heterocycles. The Morgan fingerprint density at radius 3 is 2.78 bits per heavy atom. The number of hydrogen-bond acceptors (Lipinski definition) is 2. The number of carbonyl (C=O) groups excluding carboxylic acids is 1. The lowest BCUT2D eigenvalue weighted by molar-refractivity contribution is -0.134. The molecule has 0 aromatic heterocycles. The molecule has 1 amide bonds. The van der Waals surface area contributed by atoms with Crippen LogP contribution in [0.5, 0.6) is 0 Å². The Bertz CT molecular complexity index is 438. The average molecular weight is 244 g/mol. The van der Waals surface area contributed by atoms with Crippen molar-refractivity contribution in [2.24, 2.45) is 0 Å². The summed E-state index contributed by atoms with van der Waals surface area (Å²) in [5.41, 5.74) is 2.51. The number of fused-ring (bicyclic) bond motifs is 1. The van der Waals surface area contributed by atoms with Gasteiger partial charge in [-0.2, -0.15) is 0 Å². The first-order valence-electron chi connectivity index (χ1n) is 6.96. The minimum absolute atomic E-state index is 0.118. The summed E-state index contributed by atoms with van der Waals surface area (Å²) in [5, 5.41) is 3.38. The van der Waals surface area contributed by atoms with E-state index in [0.717, 1.165) is 38.9 Å². The second-order valence-electron chi connectivity index (χ2n) is 5.22. The predicted molar refractivity (Wildman–Crippen MR) is 71.3 cm³/mol. The molecule has 3 heteroatoms. The summed E-state index contributed by atoms with van der Waals surface area (Å²) in [4.78, 5) is 14.6. The molecular formula is C15H20N2O. The van der Waals surface area contributed by atoms with Crippen molar-refractivity contribution in [2.45, 2.75) is 31.7 Å². The molecule has 0 radical (unpaired) electrons. The summed E-state index contributed by atoms with van der Waals surface area (Å²) in [5.74, 6) is 0.266. The molecule has 1 aromatic rings. The first-order chi connectivity index (χ1) is 8.86. The van der Waals surface area contributed by atoms with Gasteiger partial charge in [0.15, 0.2) is 0 Å². The Morgan fingerprint density at radius 2 is 1.94 bits per heavy atom. The fraction of sp³-hybridized carbons (Fsp3) is 0.533. The zero-order valence-corrected chi connectivity index (χ0v) is 10.7. The highest BCUT2D eigenvalue weighted by Crippen LogP contribution is 2.25. The van der Waals surface area contributed by atoms with Crippen LogP contribution in [0.3, 0.4) is 0 Å². The van der Waals surface area contributed by atoms with Gasteiger partial charge in [-0.3, -0.25) is 4.79 Å². The standard InChI is InChI=1S/C15H20N2O/c18-15(17-10-4-1-5-11-17)14-13-7-3-2-6-12(13)8-9-16-14/h2-3,6-7,14,16H,1,4-5,8-11H2. The van der Waals surface area contributed by atoms with Gasteiger partial charge in [0, 0.05) is 19.6 Å². The number of hydrogen-bond donors (Lipinski definition) is 1. The van der Waals surface area contributed by atoms with Crippen LogP contribution in [0.1, 0.15) is 36.4 Å². The van der Waals surface area contributed by atoms with E-state index in [4.69, 9.17) is 0 Å². The molecule has 96 valence electrons. The molecule has 2 aliphatic rings. The number of nitrogens with one attached hydrogen (secondary N) is 1. The fourth-order valence-electron chi connectivity index (χ4n) is 3.02. The SMILES string of the molecule is O=C(C1NCCc2ccccc21)N1CCCCC1. The minimum Gasteiger partial charge on any atom is -0.341 e. The van der Waals surface area contributed by atoms with E-state index in [2.05, 4.69) is 23.5 Å². The van der Waals surface area contributed by atoms with Crippen molar-refractivity contribution in [3.63, 3.8) is 0 Å². The van der Waals surface area contributed by atoms with E-state index in [1.165, 1.54) is 17.5 Å². The van der Waals surface area contributed by atoms with Gasteiger partial charge in [0.1, 0.15) is 6.04 Å². The highest BCUT2D eigenvalue weighted by Gasteiger charge is 2.29. The van der Waals surface area contributed by atoms with Crippen LogP contribution < -0.4 is 5.32 Å². The maximum Gasteiger partial charge on any atom is 0.244 e. The molecule has 1 N–H and O–H groups in total. The Balaban J connectivity index is 1.82.